The molecule has 0 N–H and O–H groups in total. The second-order valence-electron chi connectivity index (χ2n) is 6.42. The van der Waals surface area contributed by atoms with Crippen LogP contribution < -0.4 is 4.74 Å². The molecule has 1 heterocycles. The van der Waals surface area contributed by atoms with E-state index in [2.05, 4.69) is 0 Å². The molecule has 0 amide bonds. The van der Waals surface area contributed by atoms with Crippen LogP contribution in [-0.4, -0.2) is 5.97 Å². The molecule has 28 heavy (non-hydrogen) atoms. The van der Waals surface area contributed by atoms with Crippen LogP contribution in [0.15, 0.2) is 72.8 Å². The number of ether oxygens (including phenoxy) is 2. The summed E-state index contributed by atoms with van der Waals surface area (Å²) in [7, 11) is 0. The van der Waals surface area contributed by atoms with Gasteiger partial charge < -0.3 is 9.47 Å². The summed E-state index contributed by atoms with van der Waals surface area (Å²) in [5.74, 6) is -0.128. The van der Waals surface area contributed by atoms with Crippen LogP contribution >= 0.6 is 0 Å². The first-order valence-electron chi connectivity index (χ1n) is 8.62. The molecule has 0 saturated carbocycles. The molecule has 0 spiro atoms. The number of carbonyl (C=O) groups excluding carboxylic acids is 1. The SMILES string of the molecule is O=C(OCc1cccc(C(F)(F)F)c1)C1c2ccccc2Oc2ccccc21. The highest BCUT2D eigenvalue weighted by molar-refractivity contribution is 5.85. The van der Waals surface area contributed by atoms with Gasteiger partial charge in [-0.25, -0.2) is 0 Å². The van der Waals surface area contributed by atoms with Gasteiger partial charge in [0.25, 0.3) is 0 Å². The van der Waals surface area contributed by atoms with Crippen molar-refractivity contribution in [3.05, 3.63) is 95.1 Å². The number of carbonyl (C=O) groups is 1. The Balaban J connectivity index is 1.59. The minimum absolute atomic E-state index is 0.246. The number of esters is 1. The molecule has 0 bridgehead atoms. The van der Waals surface area contributed by atoms with Crippen LogP contribution in [0.3, 0.4) is 0 Å². The van der Waals surface area contributed by atoms with Gasteiger partial charge in [0, 0.05) is 11.1 Å². The van der Waals surface area contributed by atoms with Crippen molar-refractivity contribution in [1.82, 2.24) is 0 Å². The molecular formula is C22H15F3O3. The highest BCUT2D eigenvalue weighted by Crippen LogP contribution is 2.44. The Bertz CT molecular complexity index is 982. The summed E-state index contributed by atoms with van der Waals surface area (Å²) < 4.78 is 49.8. The molecule has 0 atom stereocenters. The molecular weight excluding hydrogens is 369 g/mol. The van der Waals surface area contributed by atoms with Crippen molar-refractivity contribution < 1.29 is 27.4 Å². The average molecular weight is 384 g/mol. The van der Waals surface area contributed by atoms with Crippen molar-refractivity contribution in [1.29, 1.82) is 0 Å². The molecule has 3 nitrogen and oxygen atoms in total. The van der Waals surface area contributed by atoms with E-state index < -0.39 is 23.6 Å². The number of rotatable bonds is 3. The third-order valence-electron chi connectivity index (χ3n) is 4.55. The molecule has 4 rings (SSSR count). The third-order valence-corrected chi connectivity index (χ3v) is 4.55. The largest absolute Gasteiger partial charge is 0.460 e. The first-order valence-corrected chi connectivity index (χ1v) is 8.62. The van der Waals surface area contributed by atoms with Gasteiger partial charge >= 0.3 is 12.1 Å². The van der Waals surface area contributed by atoms with E-state index in [9.17, 15) is 18.0 Å². The molecule has 3 aromatic carbocycles. The Morgan fingerprint density at radius 2 is 1.50 bits per heavy atom. The van der Waals surface area contributed by atoms with Gasteiger partial charge in [0.15, 0.2) is 0 Å². The van der Waals surface area contributed by atoms with E-state index in [1.54, 1.807) is 48.5 Å². The van der Waals surface area contributed by atoms with E-state index in [4.69, 9.17) is 9.47 Å². The van der Waals surface area contributed by atoms with Crippen LogP contribution in [0.2, 0.25) is 0 Å². The minimum Gasteiger partial charge on any atom is -0.460 e. The van der Waals surface area contributed by atoms with Crippen LogP contribution in [-0.2, 0) is 22.3 Å². The number of benzene rings is 3. The lowest BCUT2D eigenvalue weighted by atomic mass is 9.88. The number of para-hydroxylation sites is 2. The fourth-order valence-corrected chi connectivity index (χ4v) is 3.24. The number of hydrogen-bond donors (Lipinski definition) is 0. The maximum atomic E-state index is 12.9. The van der Waals surface area contributed by atoms with Gasteiger partial charge in [-0.15, -0.1) is 0 Å². The summed E-state index contributed by atoms with van der Waals surface area (Å²) >= 11 is 0. The summed E-state index contributed by atoms with van der Waals surface area (Å²) in [6, 6.07) is 19.0. The quantitative estimate of drug-likeness (QED) is 0.545. The summed E-state index contributed by atoms with van der Waals surface area (Å²) in [5, 5.41) is 0. The summed E-state index contributed by atoms with van der Waals surface area (Å²) in [4.78, 5) is 12.9. The second kappa shape index (κ2) is 7.03. The summed E-state index contributed by atoms with van der Waals surface area (Å²) in [6.07, 6.45) is -4.45. The van der Waals surface area contributed by atoms with Gasteiger partial charge in [0.05, 0.1) is 5.56 Å². The molecule has 1 aliphatic heterocycles. The predicted octanol–water partition coefficient (Wildman–Crippen LogP) is 5.69. The number of fused-ring (bicyclic) bond motifs is 2. The molecule has 6 heteroatoms. The van der Waals surface area contributed by atoms with Gasteiger partial charge in [-0.1, -0.05) is 48.5 Å². The monoisotopic (exact) mass is 384 g/mol. The summed E-state index contributed by atoms with van der Waals surface area (Å²) in [6.45, 7) is -0.246. The minimum atomic E-state index is -4.45. The zero-order valence-electron chi connectivity index (χ0n) is 14.6. The molecule has 0 radical (unpaired) electrons. The van der Waals surface area contributed by atoms with E-state index in [1.165, 1.54) is 12.1 Å². The Hall–Kier alpha value is -3.28. The molecule has 1 aliphatic rings. The van der Waals surface area contributed by atoms with Crippen molar-refractivity contribution >= 4 is 5.97 Å². The zero-order valence-corrected chi connectivity index (χ0v) is 14.6. The molecule has 0 fully saturated rings. The maximum absolute atomic E-state index is 12.9. The van der Waals surface area contributed by atoms with Gasteiger partial charge in [-0.2, -0.15) is 13.2 Å². The maximum Gasteiger partial charge on any atom is 0.416 e. The van der Waals surface area contributed by atoms with Crippen molar-refractivity contribution in [3.63, 3.8) is 0 Å². The fourth-order valence-electron chi connectivity index (χ4n) is 3.24. The number of alkyl halides is 3. The van der Waals surface area contributed by atoms with Gasteiger partial charge in [-0.3, -0.25) is 4.79 Å². The molecule has 3 aromatic rings. The van der Waals surface area contributed by atoms with E-state index in [-0.39, 0.29) is 12.2 Å². The first-order chi connectivity index (χ1) is 13.4. The summed E-state index contributed by atoms with van der Waals surface area (Å²) in [5.41, 5.74) is 0.824. The fraction of sp³-hybridized carbons (Fsp3) is 0.136. The van der Waals surface area contributed by atoms with Crippen molar-refractivity contribution in [3.8, 4) is 11.5 Å². The number of halogens is 3. The highest BCUT2D eigenvalue weighted by atomic mass is 19.4. The lowest BCUT2D eigenvalue weighted by Gasteiger charge is -2.26. The van der Waals surface area contributed by atoms with Crippen LogP contribution in [0.25, 0.3) is 0 Å². The van der Waals surface area contributed by atoms with Crippen LogP contribution in [0.5, 0.6) is 11.5 Å². The Kier molecular flexibility index (Phi) is 4.55. The number of hydrogen-bond acceptors (Lipinski definition) is 3. The molecule has 0 saturated heterocycles. The van der Waals surface area contributed by atoms with Gasteiger partial charge in [-0.05, 0) is 29.8 Å². The second-order valence-corrected chi connectivity index (χ2v) is 6.42. The average Bonchev–Trinajstić information content (AvgIpc) is 2.69. The smallest absolute Gasteiger partial charge is 0.416 e. The third kappa shape index (κ3) is 3.45. The lowest BCUT2D eigenvalue weighted by Crippen LogP contribution is -2.21. The normalized spacial score (nSPS) is 13.2. The van der Waals surface area contributed by atoms with Crippen molar-refractivity contribution in [2.45, 2.75) is 18.7 Å². The molecule has 0 unspecified atom stereocenters. The highest BCUT2D eigenvalue weighted by Gasteiger charge is 2.34. The molecule has 0 aliphatic carbocycles. The Labute approximate surface area is 159 Å². The van der Waals surface area contributed by atoms with E-state index in [0.717, 1.165) is 12.1 Å². The Morgan fingerprint density at radius 1 is 0.893 bits per heavy atom. The topological polar surface area (TPSA) is 35.5 Å². The van der Waals surface area contributed by atoms with E-state index in [0.29, 0.717) is 22.6 Å². The zero-order chi connectivity index (χ0) is 19.7. The predicted molar refractivity (Wildman–Crippen MR) is 96.0 cm³/mol. The van der Waals surface area contributed by atoms with Crippen molar-refractivity contribution in [2.24, 2.45) is 0 Å². The van der Waals surface area contributed by atoms with Crippen LogP contribution in [0.1, 0.15) is 28.2 Å². The van der Waals surface area contributed by atoms with Gasteiger partial charge in [0.1, 0.15) is 24.0 Å². The van der Waals surface area contributed by atoms with Crippen LogP contribution in [0.4, 0.5) is 13.2 Å². The van der Waals surface area contributed by atoms with E-state index >= 15 is 0 Å². The first kappa shape index (κ1) is 18.1. The lowest BCUT2D eigenvalue weighted by molar-refractivity contribution is -0.145. The van der Waals surface area contributed by atoms with Gasteiger partial charge in [0.2, 0.25) is 0 Å². The Morgan fingerprint density at radius 3 is 2.11 bits per heavy atom. The van der Waals surface area contributed by atoms with Crippen LogP contribution in [0, 0.1) is 0 Å². The van der Waals surface area contributed by atoms with Crippen molar-refractivity contribution in [2.75, 3.05) is 0 Å². The molecule has 142 valence electrons. The van der Waals surface area contributed by atoms with E-state index in [1.807, 2.05) is 0 Å². The molecule has 0 aromatic heterocycles. The standard InChI is InChI=1S/C22H15F3O3/c23-22(24,25)15-7-5-6-14(12-15)13-27-21(26)20-16-8-1-3-10-18(16)28-19-11-4-2-9-17(19)20/h1-12,20H,13H2.